The molecule has 2 unspecified atom stereocenters. The third kappa shape index (κ3) is 3.25. The fourth-order valence-electron chi connectivity index (χ4n) is 2.80. The highest BCUT2D eigenvalue weighted by Gasteiger charge is 2.23. The summed E-state index contributed by atoms with van der Waals surface area (Å²) in [5, 5.41) is 4.54. The van der Waals surface area contributed by atoms with Gasteiger partial charge in [0.05, 0.1) is 6.33 Å². The Morgan fingerprint density at radius 3 is 2.80 bits per heavy atom. The van der Waals surface area contributed by atoms with E-state index in [0.717, 1.165) is 17.5 Å². The molecular weight excluding hydrogens is 266 g/mol. The molecule has 1 fully saturated rings. The van der Waals surface area contributed by atoms with Gasteiger partial charge in [-0.1, -0.05) is 12.1 Å². The Morgan fingerprint density at radius 1 is 1.30 bits per heavy atom. The quantitative estimate of drug-likeness (QED) is 0.915. The Labute approximate surface area is 124 Å². The summed E-state index contributed by atoms with van der Waals surface area (Å²) in [6, 6.07) is 9.39. The van der Waals surface area contributed by atoms with Crippen molar-refractivity contribution < 1.29 is 0 Å². The maximum Gasteiger partial charge on any atom is 0.0991 e. The molecule has 1 heterocycles. The Bertz CT molecular complexity index is 521. The molecule has 0 aliphatic heterocycles. The molecule has 0 bridgehead atoms. The maximum atomic E-state index is 4.07. The summed E-state index contributed by atoms with van der Waals surface area (Å²) < 4.78 is 2.03. The molecule has 2 aromatic rings. The first kappa shape index (κ1) is 13.7. The lowest BCUT2D eigenvalue weighted by Crippen LogP contribution is -2.26. The van der Waals surface area contributed by atoms with Gasteiger partial charge in [-0.05, 0) is 43.2 Å². The number of rotatable bonds is 5. The first-order valence-electron chi connectivity index (χ1n) is 7.18. The molecule has 1 aliphatic carbocycles. The zero-order valence-corrected chi connectivity index (χ0v) is 12.6. The second-order valence-electron chi connectivity index (χ2n) is 5.38. The minimum atomic E-state index is 0.695. The summed E-state index contributed by atoms with van der Waals surface area (Å²) in [6.45, 7) is 0.968. The Hall–Kier alpha value is -1.26. The first-order valence-corrected chi connectivity index (χ1v) is 8.47. The Morgan fingerprint density at radius 2 is 2.15 bits per heavy atom. The molecule has 1 N–H and O–H groups in total. The summed E-state index contributed by atoms with van der Waals surface area (Å²) >= 11 is 2.01. The molecule has 3 nitrogen and oxygen atoms in total. The number of benzene rings is 1. The molecule has 1 aromatic heterocycles. The molecule has 20 heavy (non-hydrogen) atoms. The van der Waals surface area contributed by atoms with Crippen LogP contribution >= 0.6 is 11.8 Å². The molecule has 1 saturated carbocycles. The standard InChI is InChI=1S/C16H21N3S/c1-20-16-7-4-14(10-16)18-11-13-2-5-15(6-3-13)19-9-8-17-12-19/h2-3,5-6,8-9,12,14,16,18H,4,7,10-11H2,1H3. The van der Waals surface area contributed by atoms with Crippen LogP contribution in [0.15, 0.2) is 43.0 Å². The van der Waals surface area contributed by atoms with E-state index in [4.69, 9.17) is 0 Å². The van der Waals surface area contributed by atoms with E-state index in [-0.39, 0.29) is 0 Å². The van der Waals surface area contributed by atoms with Gasteiger partial charge < -0.3 is 9.88 Å². The largest absolute Gasteiger partial charge is 0.310 e. The molecule has 3 rings (SSSR count). The van der Waals surface area contributed by atoms with Crippen molar-refractivity contribution in [3.8, 4) is 5.69 Å². The van der Waals surface area contributed by atoms with E-state index in [2.05, 4.69) is 40.8 Å². The second-order valence-corrected chi connectivity index (χ2v) is 6.52. The van der Waals surface area contributed by atoms with Gasteiger partial charge in [0.15, 0.2) is 0 Å². The third-order valence-corrected chi connectivity index (χ3v) is 5.15. The van der Waals surface area contributed by atoms with Crippen LogP contribution in [0.3, 0.4) is 0 Å². The highest BCUT2D eigenvalue weighted by atomic mass is 32.2. The van der Waals surface area contributed by atoms with Gasteiger partial charge >= 0.3 is 0 Å². The normalized spacial score (nSPS) is 22.2. The number of nitrogens with zero attached hydrogens (tertiary/aromatic N) is 2. The van der Waals surface area contributed by atoms with E-state index in [1.54, 1.807) is 6.20 Å². The fourth-order valence-corrected chi connectivity index (χ4v) is 3.60. The van der Waals surface area contributed by atoms with Crippen LogP contribution in [0.1, 0.15) is 24.8 Å². The molecular formula is C16H21N3S. The summed E-state index contributed by atoms with van der Waals surface area (Å²) in [6.07, 6.45) is 11.8. The predicted octanol–water partition coefficient (Wildman–Crippen LogP) is 3.25. The highest BCUT2D eigenvalue weighted by molar-refractivity contribution is 7.99. The van der Waals surface area contributed by atoms with Crippen molar-refractivity contribution in [1.29, 1.82) is 0 Å². The van der Waals surface area contributed by atoms with Gasteiger partial charge in [-0.2, -0.15) is 11.8 Å². The Kier molecular flexibility index (Phi) is 4.43. The Balaban J connectivity index is 1.54. The van der Waals surface area contributed by atoms with E-state index < -0.39 is 0 Å². The molecule has 0 radical (unpaired) electrons. The van der Waals surface area contributed by atoms with E-state index in [1.165, 1.54) is 24.8 Å². The monoisotopic (exact) mass is 287 g/mol. The van der Waals surface area contributed by atoms with Gasteiger partial charge in [-0.3, -0.25) is 0 Å². The fraction of sp³-hybridized carbons (Fsp3) is 0.438. The van der Waals surface area contributed by atoms with Gasteiger partial charge in [-0.25, -0.2) is 4.98 Å². The lowest BCUT2D eigenvalue weighted by molar-refractivity contribution is 0.525. The summed E-state index contributed by atoms with van der Waals surface area (Å²) in [5.41, 5.74) is 2.51. The van der Waals surface area contributed by atoms with Gasteiger partial charge in [0.2, 0.25) is 0 Å². The molecule has 4 heteroatoms. The van der Waals surface area contributed by atoms with Crippen LogP contribution in [0.5, 0.6) is 0 Å². The number of nitrogens with one attached hydrogen (secondary N) is 1. The van der Waals surface area contributed by atoms with E-state index in [9.17, 15) is 0 Å². The summed E-state index contributed by atoms with van der Waals surface area (Å²) in [4.78, 5) is 4.07. The number of aromatic nitrogens is 2. The maximum absolute atomic E-state index is 4.07. The first-order chi connectivity index (χ1) is 9.85. The van der Waals surface area contributed by atoms with Crippen LogP contribution in [0.4, 0.5) is 0 Å². The summed E-state index contributed by atoms with van der Waals surface area (Å²) in [5.74, 6) is 0. The molecule has 1 aliphatic rings. The van der Waals surface area contributed by atoms with Crippen LogP contribution in [0, 0.1) is 0 Å². The molecule has 106 valence electrons. The van der Waals surface area contributed by atoms with Crippen molar-refractivity contribution in [2.75, 3.05) is 6.26 Å². The minimum Gasteiger partial charge on any atom is -0.310 e. The van der Waals surface area contributed by atoms with Crippen LogP contribution in [-0.2, 0) is 6.54 Å². The van der Waals surface area contributed by atoms with Gasteiger partial charge in [-0.15, -0.1) is 0 Å². The average Bonchev–Trinajstić information content (AvgIpc) is 3.17. The van der Waals surface area contributed by atoms with Crippen molar-refractivity contribution in [2.24, 2.45) is 0 Å². The highest BCUT2D eigenvalue weighted by Crippen LogP contribution is 2.28. The van der Waals surface area contributed by atoms with Gasteiger partial charge in [0, 0.05) is 35.9 Å². The number of hydrogen-bond donors (Lipinski definition) is 1. The van der Waals surface area contributed by atoms with Crippen molar-refractivity contribution in [3.05, 3.63) is 48.5 Å². The van der Waals surface area contributed by atoms with Crippen molar-refractivity contribution in [2.45, 2.75) is 37.1 Å². The van der Waals surface area contributed by atoms with E-state index >= 15 is 0 Å². The molecule has 0 saturated heterocycles. The molecule has 1 aromatic carbocycles. The predicted molar refractivity (Wildman–Crippen MR) is 85.3 cm³/mol. The second kappa shape index (κ2) is 6.46. The minimum absolute atomic E-state index is 0.695. The van der Waals surface area contributed by atoms with Gasteiger partial charge in [0.25, 0.3) is 0 Å². The molecule has 2 atom stereocenters. The SMILES string of the molecule is CSC1CCC(NCc2ccc(-n3ccnc3)cc2)C1. The van der Waals surface area contributed by atoms with Crippen molar-refractivity contribution >= 4 is 11.8 Å². The topological polar surface area (TPSA) is 29.9 Å². The average molecular weight is 287 g/mol. The van der Waals surface area contributed by atoms with Crippen molar-refractivity contribution in [1.82, 2.24) is 14.9 Å². The smallest absolute Gasteiger partial charge is 0.0991 e. The van der Waals surface area contributed by atoms with Crippen LogP contribution < -0.4 is 5.32 Å². The number of imidazole rings is 1. The van der Waals surface area contributed by atoms with E-state index in [1.807, 2.05) is 28.9 Å². The zero-order valence-electron chi connectivity index (χ0n) is 11.8. The van der Waals surface area contributed by atoms with Crippen molar-refractivity contribution in [3.63, 3.8) is 0 Å². The molecule has 0 amide bonds. The van der Waals surface area contributed by atoms with Crippen LogP contribution in [0.25, 0.3) is 5.69 Å². The van der Waals surface area contributed by atoms with Crippen LogP contribution in [-0.4, -0.2) is 27.1 Å². The summed E-state index contributed by atoms with van der Waals surface area (Å²) in [7, 11) is 0. The number of thioether (sulfide) groups is 1. The molecule has 0 spiro atoms. The van der Waals surface area contributed by atoms with E-state index in [0.29, 0.717) is 6.04 Å². The lowest BCUT2D eigenvalue weighted by Gasteiger charge is -2.13. The zero-order chi connectivity index (χ0) is 13.8. The van der Waals surface area contributed by atoms with Gasteiger partial charge in [0.1, 0.15) is 0 Å². The lowest BCUT2D eigenvalue weighted by atomic mass is 10.2. The van der Waals surface area contributed by atoms with Crippen LogP contribution in [0.2, 0.25) is 0 Å². The third-order valence-electron chi connectivity index (χ3n) is 4.05. The number of hydrogen-bond acceptors (Lipinski definition) is 3.